The molecule has 140 valence electrons. The Kier molecular flexibility index (Phi) is 10.1. The Labute approximate surface area is 151 Å². The molecule has 1 unspecified atom stereocenters. The van der Waals surface area contributed by atoms with Gasteiger partial charge in [-0.2, -0.15) is 0 Å². The van der Waals surface area contributed by atoms with Gasteiger partial charge in [-0.3, -0.25) is 9.59 Å². The first-order valence-electron chi connectivity index (χ1n) is 9.35. The van der Waals surface area contributed by atoms with Crippen LogP contribution < -0.4 is 0 Å². The molecule has 0 aliphatic carbocycles. The zero-order valence-electron chi connectivity index (χ0n) is 16.0. The third-order valence-corrected chi connectivity index (χ3v) is 4.15. The number of aryl methyl sites for hydroxylation is 1. The van der Waals surface area contributed by atoms with Gasteiger partial charge in [-0.05, 0) is 50.7 Å². The van der Waals surface area contributed by atoms with E-state index in [0.29, 0.717) is 13.0 Å². The fourth-order valence-corrected chi connectivity index (χ4v) is 2.70. The van der Waals surface area contributed by atoms with Crippen molar-refractivity contribution in [3.8, 4) is 0 Å². The average Bonchev–Trinajstić information content (AvgIpc) is 2.60. The first-order valence-corrected chi connectivity index (χ1v) is 9.35. The van der Waals surface area contributed by atoms with Crippen LogP contribution in [0.15, 0.2) is 24.3 Å². The van der Waals surface area contributed by atoms with Crippen molar-refractivity contribution in [1.29, 1.82) is 0 Å². The van der Waals surface area contributed by atoms with Crippen LogP contribution in [-0.4, -0.2) is 31.6 Å². The molecule has 0 radical (unpaired) electrons. The number of esters is 1. The molecule has 1 rings (SSSR count). The molecule has 0 fully saturated rings. The monoisotopic (exact) mass is 348 g/mol. The Morgan fingerprint density at radius 3 is 2.16 bits per heavy atom. The van der Waals surface area contributed by atoms with Gasteiger partial charge in [0.05, 0.1) is 6.61 Å². The minimum Gasteiger partial charge on any atom is -0.465 e. The molecular formula is C21H32O4. The van der Waals surface area contributed by atoms with E-state index in [2.05, 4.69) is 12.1 Å². The molecule has 1 aromatic rings. The number of rotatable bonds is 12. The minimum atomic E-state index is -0.711. The summed E-state index contributed by atoms with van der Waals surface area (Å²) < 4.78 is 10.4. The van der Waals surface area contributed by atoms with Crippen LogP contribution >= 0.6 is 0 Å². The van der Waals surface area contributed by atoms with Gasteiger partial charge in [0, 0.05) is 19.1 Å². The van der Waals surface area contributed by atoms with Crippen molar-refractivity contribution in [2.75, 3.05) is 19.8 Å². The SMILES string of the molecule is CCOCCCCc1ccc(CC(C(=O)OCC)C(=O)C(C)C)cc1. The van der Waals surface area contributed by atoms with Gasteiger partial charge in [0.15, 0.2) is 0 Å². The quantitative estimate of drug-likeness (QED) is 0.325. The molecule has 0 saturated carbocycles. The Balaban J connectivity index is 2.63. The van der Waals surface area contributed by atoms with Gasteiger partial charge in [0.25, 0.3) is 0 Å². The molecule has 0 heterocycles. The van der Waals surface area contributed by atoms with Crippen molar-refractivity contribution in [2.45, 2.75) is 53.4 Å². The third-order valence-electron chi connectivity index (χ3n) is 4.15. The van der Waals surface area contributed by atoms with Crippen molar-refractivity contribution < 1.29 is 19.1 Å². The zero-order valence-corrected chi connectivity index (χ0v) is 16.0. The lowest BCUT2D eigenvalue weighted by Gasteiger charge is -2.17. The first kappa shape index (κ1) is 21.4. The Morgan fingerprint density at radius 2 is 1.60 bits per heavy atom. The number of benzene rings is 1. The van der Waals surface area contributed by atoms with Crippen molar-refractivity contribution in [3.63, 3.8) is 0 Å². The molecule has 25 heavy (non-hydrogen) atoms. The van der Waals surface area contributed by atoms with Crippen LogP contribution in [0.1, 0.15) is 51.7 Å². The maximum atomic E-state index is 12.3. The second-order valence-electron chi connectivity index (χ2n) is 6.54. The fourth-order valence-electron chi connectivity index (χ4n) is 2.70. The number of unbranched alkanes of at least 4 members (excludes halogenated alkanes) is 1. The lowest BCUT2D eigenvalue weighted by Crippen LogP contribution is -2.31. The Morgan fingerprint density at radius 1 is 0.960 bits per heavy atom. The second kappa shape index (κ2) is 11.8. The summed E-state index contributed by atoms with van der Waals surface area (Å²) in [6.07, 6.45) is 3.57. The molecule has 4 nitrogen and oxygen atoms in total. The molecule has 1 atom stereocenters. The van der Waals surface area contributed by atoms with E-state index in [-0.39, 0.29) is 11.7 Å². The van der Waals surface area contributed by atoms with E-state index in [1.807, 2.05) is 32.9 Å². The molecule has 0 N–H and O–H groups in total. The second-order valence-corrected chi connectivity index (χ2v) is 6.54. The van der Waals surface area contributed by atoms with Crippen molar-refractivity contribution in [3.05, 3.63) is 35.4 Å². The lowest BCUT2D eigenvalue weighted by atomic mass is 9.89. The van der Waals surface area contributed by atoms with Crippen LogP contribution in [0.2, 0.25) is 0 Å². The van der Waals surface area contributed by atoms with Crippen LogP contribution in [0.3, 0.4) is 0 Å². The lowest BCUT2D eigenvalue weighted by molar-refractivity contribution is -0.152. The predicted octanol–water partition coefficient (Wildman–Crippen LogP) is 3.99. The molecule has 0 spiro atoms. The van der Waals surface area contributed by atoms with Gasteiger partial charge in [-0.1, -0.05) is 38.1 Å². The van der Waals surface area contributed by atoms with Gasteiger partial charge < -0.3 is 9.47 Å². The molecule has 0 aliphatic heterocycles. The van der Waals surface area contributed by atoms with Crippen LogP contribution in [0.5, 0.6) is 0 Å². The van der Waals surface area contributed by atoms with E-state index in [1.165, 1.54) is 5.56 Å². The largest absolute Gasteiger partial charge is 0.465 e. The van der Waals surface area contributed by atoms with E-state index >= 15 is 0 Å². The number of Topliss-reactive ketones (excluding diaryl/α,β-unsaturated/α-hetero) is 1. The highest BCUT2D eigenvalue weighted by Gasteiger charge is 2.29. The van der Waals surface area contributed by atoms with Gasteiger partial charge in [-0.15, -0.1) is 0 Å². The summed E-state index contributed by atoms with van der Waals surface area (Å²) in [5.74, 6) is -1.37. The summed E-state index contributed by atoms with van der Waals surface area (Å²) >= 11 is 0. The average molecular weight is 348 g/mol. The highest BCUT2D eigenvalue weighted by atomic mass is 16.5. The summed E-state index contributed by atoms with van der Waals surface area (Å²) in [6.45, 7) is 9.28. The summed E-state index contributed by atoms with van der Waals surface area (Å²) in [4.78, 5) is 24.5. The Hall–Kier alpha value is -1.68. The van der Waals surface area contributed by atoms with E-state index in [9.17, 15) is 9.59 Å². The molecular weight excluding hydrogens is 316 g/mol. The van der Waals surface area contributed by atoms with E-state index in [0.717, 1.165) is 38.0 Å². The Bertz CT molecular complexity index is 519. The van der Waals surface area contributed by atoms with E-state index in [4.69, 9.17) is 9.47 Å². The van der Waals surface area contributed by atoms with Gasteiger partial charge in [-0.25, -0.2) is 0 Å². The van der Waals surface area contributed by atoms with Gasteiger partial charge in [0.1, 0.15) is 11.7 Å². The summed E-state index contributed by atoms with van der Waals surface area (Å²) in [5.41, 5.74) is 2.26. The topological polar surface area (TPSA) is 52.6 Å². The number of carbonyl (C=O) groups is 2. The smallest absolute Gasteiger partial charge is 0.316 e. The van der Waals surface area contributed by atoms with Crippen molar-refractivity contribution in [2.24, 2.45) is 11.8 Å². The van der Waals surface area contributed by atoms with Crippen LogP contribution in [0.4, 0.5) is 0 Å². The van der Waals surface area contributed by atoms with E-state index in [1.54, 1.807) is 6.92 Å². The minimum absolute atomic E-state index is 0.0570. The highest BCUT2D eigenvalue weighted by molar-refractivity contribution is 6.00. The number of hydrogen-bond acceptors (Lipinski definition) is 4. The van der Waals surface area contributed by atoms with Crippen molar-refractivity contribution >= 4 is 11.8 Å². The molecule has 0 saturated heterocycles. The number of carbonyl (C=O) groups excluding carboxylic acids is 2. The third kappa shape index (κ3) is 7.82. The van der Waals surface area contributed by atoms with E-state index < -0.39 is 11.9 Å². The molecule has 1 aromatic carbocycles. The molecule has 0 aliphatic rings. The standard InChI is InChI=1S/C21H32O4/c1-5-24-14-8-7-9-17-10-12-18(13-11-17)15-19(20(22)16(3)4)21(23)25-6-2/h10-13,16,19H,5-9,14-15H2,1-4H3. The van der Waals surface area contributed by atoms with Gasteiger partial charge in [0.2, 0.25) is 0 Å². The fraction of sp³-hybridized carbons (Fsp3) is 0.619. The number of hydrogen-bond donors (Lipinski definition) is 0. The predicted molar refractivity (Wildman–Crippen MR) is 99.5 cm³/mol. The summed E-state index contributed by atoms with van der Waals surface area (Å²) in [5, 5.41) is 0. The number of ketones is 1. The van der Waals surface area contributed by atoms with Crippen LogP contribution in [0, 0.1) is 11.8 Å². The molecule has 0 bridgehead atoms. The molecule has 0 amide bonds. The van der Waals surface area contributed by atoms with Crippen LogP contribution in [-0.2, 0) is 31.9 Å². The van der Waals surface area contributed by atoms with Gasteiger partial charge >= 0.3 is 5.97 Å². The first-order chi connectivity index (χ1) is 12.0. The normalized spacial score (nSPS) is 12.2. The summed E-state index contributed by atoms with van der Waals surface area (Å²) in [7, 11) is 0. The molecule has 4 heteroatoms. The maximum absolute atomic E-state index is 12.3. The molecule has 0 aromatic heterocycles. The highest BCUT2D eigenvalue weighted by Crippen LogP contribution is 2.17. The summed E-state index contributed by atoms with van der Waals surface area (Å²) in [6, 6.07) is 8.19. The van der Waals surface area contributed by atoms with Crippen LogP contribution in [0.25, 0.3) is 0 Å². The maximum Gasteiger partial charge on any atom is 0.316 e. The zero-order chi connectivity index (χ0) is 18.7. The number of ether oxygens (including phenoxy) is 2. The van der Waals surface area contributed by atoms with Crippen molar-refractivity contribution in [1.82, 2.24) is 0 Å².